The molecule has 2 heteroatoms. The molecule has 0 bridgehead atoms. The maximum absolute atomic E-state index is 12.3. The Kier molecular flexibility index (Phi) is 2.28. The Morgan fingerprint density at radius 3 is 2.69 bits per heavy atom. The van der Waals surface area contributed by atoms with Crippen molar-refractivity contribution in [2.24, 2.45) is 11.8 Å². The number of ketones is 1. The van der Waals surface area contributed by atoms with Crippen molar-refractivity contribution >= 4 is 5.78 Å². The second-order valence-corrected chi connectivity index (χ2v) is 5.47. The van der Waals surface area contributed by atoms with Crippen molar-refractivity contribution < 1.29 is 9.90 Å². The highest BCUT2D eigenvalue weighted by Crippen LogP contribution is 2.45. The van der Waals surface area contributed by atoms with Crippen molar-refractivity contribution in [1.29, 1.82) is 0 Å². The van der Waals surface area contributed by atoms with Gasteiger partial charge in [-0.15, -0.1) is 0 Å². The van der Waals surface area contributed by atoms with Gasteiger partial charge in [0.25, 0.3) is 0 Å². The van der Waals surface area contributed by atoms with E-state index in [-0.39, 0.29) is 5.78 Å². The average molecular weight is 218 g/mol. The number of rotatable bonds is 2. The lowest BCUT2D eigenvalue weighted by Crippen LogP contribution is -2.41. The molecule has 3 aliphatic rings. The molecular weight excluding hydrogens is 200 g/mol. The number of Topliss-reactive ketones (excluding diaryl/α,β-unsaturated/α-hetero) is 1. The third kappa shape index (κ3) is 1.65. The Bertz CT molecular complexity index is 372. The van der Waals surface area contributed by atoms with Gasteiger partial charge in [0.1, 0.15) is 5.60 Å². The molecule has 0 amide bonds. The molecule has 3 aliphatic carbocycles. The minimum atomic E-state index is -1.06. The van der Waals surface area contributed by atoms with Gasteiger partial charge in [-0.05, 0) is 31.1 Å². The summed E-state index contributed by atoms with van der Waals surface area (Å²) in [4.78, 5) is 12.3. The van der Waals surface area contributed by atoms with Gasteiger partial charge in [-0.2, -0.15) is 0 Å². The van der Waals surface area contributed by atoms with Crippen molar-refractivity contribution in [2.45, 2.75) is 44.1 Å². The highest BCUT2D eigenvalue weighted by molar-refractivity contribution is 6.04. The monoisotopic (exact) mass is 218 g/mol. The van der Waals surface area contributed by atoms with Crippen LogP contribution in [0.2, 0.25) is 0 Å². The molecular formula is C14H18O2. The molecule has 0 aromatic rings. The number of aliphatic hydroxyl groups is 1. The molecule has 2 unspecified atom stereocenters. The van der Waals surface area contributed by atoms with Gasteiger partial charge in [0.05, 0.1) is 0 Å². The Morgan fingerprint density at radius 1 is 1.25 bits per heavy atom. The van der Waals surface area contributed by atoms with Gasteiger partial charge in [0.15, 0.2) is 5.78 Å². The minimum Gasteiger partial charge on any atom is -0.382 e. The fraction of sp³-hybridized carbons (Fsp3) is 0.643. The molecule has 0 spiro atoms. The van der Waals surface area contributed by atoms with E-state index in [4.69, 9.17) is 0 Å². The van der Waals surface area contributed by atoms with Gasteiger partial charge in [-0.1, -0.05) is 37.5 Å². The maximum Gasteiger partial charge on any atom is 0.194 e. The van der Waals surface area contributed by atoms with E-state index in [2.05, 4.69) is 12.2 Å². The first-order valence-corrected chi connectivity index (χ1v) is 6.36. The van der Waals surface area contributed by atoms with Crippen molar-refractivity contribution in [3.8, 4) is 0 Å². The van der Waals surface area contributed by atoms with Crippen LogP contribution in [-0.4, -0.2) is 16.5 Å². The molecule has 0 aliphatic heterocycles. The fourth-order valence-corrected chi connectivity index (χ4v) is 2.95. The molecule has 0 aromatic heterocycles. The molecule has 16 heavy (non-hydrogen) atoms. The first kappa shape index (κ1) is 10.3. The second kappa shape index (κ2) is 3.56. The van der Waals surface area contributed by atoms with E-state index in [0.29, 0.717) is 24.7 Å². The average Bonchev–Trinajstić information content (AvgIpc) is 3.07. The largest absolute Gasteiger partial charge is 0.382 e. The SMILES string of the molecule is O=C(C1=CC2CC2C=C1)C1(O)CCCCC1. The van der Waals surface area contributed by atoms with E-state index in [1.807, 2.05) is 6.08 Å². The lowest BCUT2D eigenvalue weighted by atomic mass is 9.78. The first-order chi connectivity index (χ1) is 7.69. The Morgan fingerprint density at radius 2 is 2.00 bits per heavy atom. The molecule has 0 radical (unpaired) electrons. The molecule has 0 aromatic carbocycles. The van der Waals surface area contributed by atoms with Crippen LogP contribution in [0.15, 0.2) is 23.8 Å². The summed E-state index contributed by atoms with van der Waals surface area (Å²) in [6, 6.07) is 0. The summed E-state index contributed by atoms with van der Waals surface area (Å²) in [5.41, 5.74) is -0.306. The number of hydrogen-bond donors (Lipinski definition) is 1. The van der Waals surface area contributed by atoms with Crippen molar-refractivity contribution in [3.05, 3.63) is 23.8 Å². The molecule has 2 atom stereocenters. The van der Waals surface area contributed by atoms with Crippen LogP contribution >= 0.6 is 0 Å². The number of allylic oxidation sites excluding steroid dienone is 3. The van der Waals surface area contributed by atoms with Crippen LogP contribution in [0.3, 0.4) is 0 Å². The van der Waals surface area contributed by atoms with Crippen LogP contribution < -0.4 is 0 Å². The first-order valence-electron chi connectivity index (χ1n) is 6.36. The summed E-state index contributed by atoms with van der Waals surface area (Å²) in [5, 5.41) is 10.4. The van der Waals surface area contributed by atoms with E-state index < -0.39 is 5.60 Å². The van der Waals surface area contributed by atoms with E-state index in [1.54, 1.807) is 0 Å². The van der Waals surface area contributed by atoms with Gasteiger partial charge >= 0.3 is 0 Å². The number of carbonyl (C=O) groups is 1. The van der Waals surface area contributed by atoms with Crippen LogP contribution in [0.1, 0.15) is 38.5 Å². The van der Waals surface area contributed by atoms with Crippen molar-refractivity contribution in [1.82, 2.24) is 0 Å². The van der Waals surface area contributed by atoms with E-state index in [9.17, 15) is 9.90 Å². The summed E-state index contributed by atoms with van der Waals surface area (Å²) >= 11 is 0. The lowest BCUT2D eigenvalue weighted by molar-refractivity contribution is -0.136. The molecule has 86 valence electrons. The second-order valence-electron chi connectivity index (χ2n) is 5.47. The lowest BCUT2D eigenvalue weighted by Gasteiger charge is -2.31. The van der Waals surface area contributed by atoms with Gasteiger partial charge < -0.3 is 5.11 Å². The highest BCUT2D eigenvalue weighted by Gasteiger charge is 2.41. The summed E-state index contributed by atoms with van der Waals surface area (Å²) in [7, 11) is 0. The number of carbonyl (C=O) groups excluding carboxylic acids is 1. The predicted molar refractivity (Wildman–Crippen MR) is 61.9 cm³/mol. The van der Waals surface area contributed by atoms with E-state index >= 15 is 0 Å². The zero-order valence-electron chi connectivity index (χ0n) is 9.48. The van der Waals surface area contributed by atoms with Crippen LogP contribution in [0.25, 0.3) is 0 Å². The Labute approximate surface area is 96.0 Å². The van der Waals surface area contributed by atoms with E-state index in [1.165, 1.54) is 6.42 Å². The zero-order valence-corrected chi connectivity index (χ0v) is 9.48. The topological polar surface area (TPSA) is 37.3 Å². The third-order valence-electron chi connectivity index (χ3n) is 4.17. The molecule has 2 saturated carbocycles. The molecule has 0 saturated heterocycles. The Hall–Kier alpha value is -0.890. The molecule has 2 nitrogen and oxygen atoms in total. The van der Waals surface area contributed by atoms with Gasteiger partial charge in [-0.25, -0.2) is 0 Å². The van der Waals surface area contributed by atoms with Crippen LogP contribution in [0, 0.1) is 11.8 Å². The quantitative estimate of drug-likeness (QED) is 0.772. The summed E-state index contributed by atoms with van der Waals surface area (Å²) in [5.74, 6) is 1.22. The van der Waals surface area contributed by atoms with Crippen molar-refractivity contribution in [3.63, 3.8) is 0 Å². The third-order valence-corrected chi connectivity index (χ3v) is 4.17. The molecule has 2 fully saturated rings. The van der Waals surface area contributed by atoms with Gasteiger partial charge in [-0.3, -0.25) is 4.79 Å². The van der Waals surface area contributed by atoms with Crippen LogP contribution in [0.5, 0.6) is 0 Å². The zero-order chi connectivity index (χ0) is 11.2. The number of hydrogen-bond acceptors (Lipinski definition) is 2. The maximum atomic E-state index is 12.3. The summed E-state index contributed by atoms with van der Waals surface area (Å²) in [6.07, 6.45) is 11.7. The number of fused-ring (bicyclic) bond motifs is 1. The molecule has 0 heterocycles. The normalized spacial score (nSPS) is 35.2. The fourth-order valence-electron chi connectivity index (χ4n) is 2.95. The van der Waals surface area contributed by atoms with E-state index in [0.717, 1.165) is 24.8 Å². The van der Waals surface area contributed by atoms with Gasteiger partial charge in [0.2, 0.25) is 0 Å². The summed E-state index contributed by atoms with van der Waals surface area (Å²) in [6.45, 7) is 0. The molecule has 3 rings (SSSR count). The highest BCUT2D eigenvalue weighted by atomic mass is 16.3. The van der Waals surface area contributed by atoms with Crippen LogP contribution in [-0.2, 0) is 4.79 Å². The summed E-state index contributed by atoms with van der Waals surface area (Å²) < 4.78 is 0. The Balaban J connectivity index is 1.79. The van der Waals surface area contributed by atoms with Crippen molar-refractivity contribution in [2.75, 3.05) is 0 Å². The predicted octanol–water partition coefficient (Wildman–Crippen LogP) is 2.38. The van der Waals surface area contributed by atoms with Crippen LogP contribution in [0.4, 0.5) is 0 Å². The molecule has 1 N–H and O–H groups in total. The standard InChI is InChI=1S/C14H18O2/c15-13(14(16)6-2-1-3-7-14)11-5-4-10-8-12(10)9-11/h4-5,9-10,12,16H,1-3,6-8H2. The minimum absolute atomic E-state index is 0.0335. The smallest absolute Gasteiger partial charge is 0.194 e. The van der Waals surface area contributed by atoms with Gasteiger partial charge in [0, 0.05) is 5.57 Å².